The summed E-state index contributed by atoms with van der Waals surface area (Å²) in [6.07, 6.45) is 6.95. The first-order valence-corrected chi connectivity index (χ1v) is 12.9. The normalized spacial score (nSPS) is 11.5. The van der Waals surface area contributed by atoms with Gasteiger partial charge < -0.3 is 9.08 Å². The Hall–Kier alpha value is -2.34. The molecule has 0 saturated heterocycles. The molecule has 0 aliphatic heterocycles. The standard InChI is InChI=1S/C25H35NO4S/c1-5-6-7-8-10-21-13-15-23(16-14-21)25(27)26(18-20(2)3)19-22-11-9-12-24(17-22)30-31(4,28)29/h9,11-17,20H,5-8,10,18-19H2,1-4H3. The predicted molar refractivity (Wildman–Crippen MR) is 126 cm³/mol. The summed E-state index contributed by atoms with van der Waals surface area (Å²) in [5.41, 5.74) is 2.75. The summed E-state index contributed by atoms with van der Waals surface area (Å²) in [4.78, 5) is 15.0. The van der Waals surface area contributed by atoms with Crippen molar-refractivity contribution in [1.82, 2.24) is 4.90 Å². The van der Waals surface area contributed by atoms with Crippen molar-refractivity contribution in [2.75, 3.05) is 12.8 Å². The van der Waals surface area contributed by atoms with Crippen LogP contribution in [0.25, 0.3) is 0 Å². The molecule has 2 rings (SSSR count). The second-order valence-corrected chi connectivity index (χ2v) is 10.1. The highest BCUT2D eigenvalue weighted by Gasteiger charge is 2.18. The van der Waals surface area contributed by atoms with Crippen molar-refractivity contribution in [3.8, 4) is 5.75 Å². The quantitative estimate of drug-likeness (QED) is 0.322. The Kier molecular flexibility index (Phi) is 9.56. The van der Waals surface area contributed by atoms with Gasteiger partial charge in [0.05, 0.1) is 6.26 Å². The molecule has 0 saturated carbocycles. The highest BCUT2D eigenvalue weighted by atomic mass is 32.2. The zero-order valence-corrected chi connectivity index (χ0v) is 20.0. The van der Waals surface area contributed by atoms with E-state index in [0.717, 1.165) is 18.2 Å². The molecule has 0 heterocycles. The number of aryl methyl sites for hydroxylation is 1. The number of benzene rings is 2. The first-order chi connectivity index (χ1) is 14.7. The van der Waals surface area contributed by atoms with Gasteiger partial charge in [-0.25, -0.2) is 0 Å². The van der Waals surface area contributed by atoms with Crippen LogP contribution >= 0.6 is 0 Å². The zero-order valence-electron chi connectivity index (χ0n) is 19.1. The SMILES string of the molecule is CCCCCCc1ccc(C(=O)N(Cc2cccc(OS(C)(=O)=O)c2)CC(C)C)cc1. The maximum absolute atomic E-state index is 13.2. The van der Waals surface area contributed by atoms with Gasteiger partial charge in [-0.15, -0.1) is 0 Å². The molecule has 0 spiro atoms. The molecule has 1 amide bonds. The maximum atomic E-state index is 13.2. The van der Waals surface area contributed by atoms with Crippen LogP contribution in [0, 0.1) is 5.92 Å². The van der Waals surface area contributed by atoms with Gasteiger partial charge in [0.25, 0.3) is 5.91 Å². The fraction of sp³-hybridized carbons (Fsp3) is 0.480. The minimum atomic E-state index is -3.60. The van der Waals surface area contributed by atoms with Gasteiger partial charge in [-0.1, -0.05) is 64.3 Å². The van der Waals surface area contributed by atoms with Crippen molar-refractivity contribution in [3.05, 3.63) is 65.2 Å². The molecule has 170 valence electrons. The maximum Gasteiger partial charge on any atom is 0.306 e. The van der Waals surface area contributed by atoms with E-state index >= 15 is 0 Å². The summed E-state index contributed by atoms with van der Waals surface area (Å²) >= 11 is 0. The Balaban J connectivity index is 2.11. The van der Waals surface area contributed by atoms with Crippen LogP contribution in [0.2, 0.25) is 0 Å². The van der Waals surface area contributed by atoms with E-state index in [1.54, 1.807) is 23.1 Å². The van der Waals surface area contributed by atoms with E-state index in [4.69, 9.17) is 4.18 Å². The first kappa shape index (κ1) is 24.9. The molecule has 0 atom stereocenters. The molecule has 0 radical (unpaired) electrons. The third-order valence-corrected chi connectivity index (χ3v) is 5.41. The predicted octanol–water partition coefficient (Wildman–Crippen LogP) is 5.45. The van der Waals surface area contributed by atoms with Crippen LogP contribution in [-0.2, 0) is 23.1 Å². The number of hydrogen-bond acceptors (Lipinski definition) is 4. The van der Waals surface area contributed by atoms with Crippen LogP contribution in [0.3, 0.4) is 0 Å². The van der Waals surface area contributed by atoms with Crippen molar-refractivity contribution < 1.29 is 17.4 Å². The van der Waals surface area contributed by atoms with Gasteiger partial charge in [0, 0.05) is 18.7 Å². The number of carbonyl (C=O) groups is 1. The number of nitrogens with zero attached hydrogens (tertiary/aromatic N) is 1. The number of hydrogen-bond donors (Lipinski definition) is 0. The van der Waals surface area contributed by atoms with E-state index in [2.05, 4.69) is 20.8 Å². The monoisotopic (exact) mass is 445 g/mol. The van der Waals surface area contributed by atoms with Gasteiger partial charge in [-0.05, 0) is 54.2 Å². The van der Waals surface area contributed by atoms with E-state index < -0.39 is 10.1 Å². The molecule has 2 aromatic rings. The third kappa shape index (κ3) is 9.13. The Labute approximate surface area is 187 Å². The second kappa shape index (κ2) is 11.9. The molecule has 5 nitrogen and oxygen atoms in total. The molecule has 0 unspecified atom stereocenters. The van der Waals surface area contributed by atoms with Crippen LogP contribution in [0.1, 0.15) is 67.9 Å². The molecule has 31 heavy (non-hydrogen) atoms. The molecule has 0 aromatic heterocycles. The lowest BCUT2D eigenvalue weighted by molar-refractivity contribution is 0.0722. The average Bonchev–Trinajstić information content (AvgIpc) is 2.69. The molecule has 6 heteroatoms. The van der Waals surface area contributed by atoms with Gasteiger partial charge in [0.1, 0.15) is 5.75 Å². The summed E-state index contributed by atoms with van der Waals surface area (Å²) < 4.78 is 27.8. The lowest BCUT2D eigenvalue weighted by Crippen LogP contribution is -2.33. The summed E-state index contributed by atoms with van der Waals surface area (Å²) in [5, 5.41) is 0. The van der Waals surface area contributed by atoms with Crippen LogP contribution in [-0.4, -0.2) is 32.0 Å². The zero-order chi connectivity index (χ0) is 22.9. The summed E-state index contributed by atoms with van der Waals surface area (Å²) in [5.74, 6) is 0.530. The lowest BCUT2D eigenvalue weighted by Gasteiger charge is -2.25. The topological polar surface area (TPSA) is 63.7 Å². The Bertz CT molecular complexity index is 936. The fourth-order valence-corrected chi connectivity index (χ4v) is 3.96. The minimum Gasteiger partial charge on any atom is -0.383 e. The Morgan fingerprint density at radius 3 is 2.32 bits per heavy atom. The van der Waals surface area contributed by atoms with Gasteiger partial charge >= 0.3 is 10.1 Å². The van der Waals surface area contributed by atoms with Crippen LogP contribution in [0.5, 0.6) is 5.75 Å². The van der Waals surface area contributed by atoms with Crippen molar-refractivity contribution in [1.29, 1.82) is 0 Å². The molecule has 0 aliphatic carbocycles. The lowest BCUT2D eigenvalue weighted by atomic mass is 10.0. The fourth-order valence-electron chi connectivity index (χ4n) is 3.50. The van der Waals surface area contributed by atoms with Crippen LogP contribution < -0.4 is 4.18 Å². The van der Waals surface area contributed by atoms with Crippen LogP contribution in [0.4, 0.5) is 0 Å². The number of carbonyl (C=O) groups excluding carboxylic acids is 1. The number of unbranched alkanes of at least 4 members (excludes halogenated alkanes) is 3. The third-order valence-electron chi connectivity index (χ3n) is 4.91. The summed E-state index contributed by atoms with van der Waals surface area (Å²) in [6.45, 7) is 7.34. The van der Waals surface area contributed by atoms with Gasteiger partial charge in [-0.3, -0.25) is 4.79 Å². The van der Waals surface area contributed by atoms with E-state index in [-0.39, 0.29) is 11.7 Å². The molecule has 0 aliphatic rings. The molecular formula is C25H35NO4S. The van der Waals surface area contributed by atoms with Gasteiger partial charge in [0.15, 0.2) is 0 Å². The van der Waals surface area contributed by atoms with Crippen molar-refractivity contribution in [2.24, 2.45) is 5.92 Å². The number of rotatable bonds is 12. The highest BCUT2D eigenvalue weighted by molar-refractivity contribution is 7.86. The Morgan fingerprint density at radius 2 is 1.71 bits per heavy atom. The van der Waals surface area contributed by atoms with E-state index in [1.165, 1.54) is 31.2 Å². The van der Waals surface area contributed by atoms with Crippen molar-refractivity contribution in [3.63, 3.8) is 0 Å². The Morgan fingerprint density at radius 1 is 1.00 bits per heavy atom. The van der Waals surface area contributed by atoms with Gasteiger partial charge in [0.2, 0.25) is 0 Å². The number of amides is 1. The molecule has 0 bridgehead atoms. The average molecular weight is 446 g/mol. The molecule has 2 aromatic carbocycles. The molecule has 0 fully saturated rings. The summed E-state index contributed by atoms with van der Waals surface area (Å²) in [7, 11) is -3.60. The van der Waals surface area contributed by atoms with Gasteiger partial charge in [-0.2, -0.15) is 8.42 Å². The van der Waals surface area contributed by atoms with Crippen LogP contribution in [0.15, 0.2) is 48.5 Å². The smallest absolute Gasteiger partial charge is 0.306 e. The minimum absolute atomic E-state index is 0.0272. The van der Waals surface area contributed by atoms with Crippen molar-refractivity contribution in [2.45, 2.75) is 59.4 Å². The highest BCUT2D eigenvalue weighted by Crippen LogP contribution is 2.19. The largest absolute Gasteiger partial charge is 0.383 e. The van der Waals surface area contributed by atoms with E-state index in [1.807, 2.05) is 30.3 Å². The molecule has 0 N–H and O–H groups in total. The summed E-state index contributed by atoms with van der Waals surface area (Å²) in [6, 6.07) is 14.8. The van der Waals surface area contributed by atoms with E-state index in [0.29, 0.717) is 24.6 Å². The molecular weight excluding hydrogens is 410 g/mol. The van der Waals surface area contributed by atoms with E-state index in [9.17, 15) is 13.2 Å². The van der Waals surface area contributed by atoms with Crippen molar-refractivity contribution >= 4 is 16.0 Å². The second-order valence-electron chi connectivity index (χ2n) is 8.52. The first-order valence-electron chi connectivity index (χ1n) is 11.0.